The predicted octanol–water partition coefficient (Wildman–Crippen LogP) is 4.70. The van der Waals surface area contributed by atoms with Gasteiger partial charge in [-0.25, -0.2) is 0 Å². The van der Waals surface area contributed by atoms with Crippen LogP contribution in [0.2, 0.25) is 0 Å². The van der Waals surface area contributed by atoms with Crippen molar-refractivity contribution in [2.45, 2.75) is 65.2 Å². The largest absolute Gasteiger partial charge is 0.259 e. The summed E-state index contributed by atoms with van der Waals surface area (Å²) in [6.07, 6.45) is 9.66. The normalized spacial score (nSPS) is 13.4. The van der Waals surface area contributed by atoms with Gasteiger partial charge in [-0.1, -0.05) is 52.4 Å². The second kappa shape index (κ2) is 13.6. The van der Waals surface area contributed by atoms with Crippen molar-refractivity contribution in [1.29, 1.82) is 0 Å². The van der Waals surface area contributed by atoms with Crippen molar-refractivity contribution >= 4 is 22.6 Å². The highest BCUT2D eigenvalue weighted by Gasteiger charge is 2.12. The third-order valence-corrected chi connectivity index (χ3v) is 5.87. The third kappa shape index (κ3) is 11.5. The van der Waals surface area contributed by atoms with E-state index in [2.05, 4.69) is 13.8 Å². The molecular formula is C14H27NO3S2. The Hall–Kier alpha value is -0.360. The zero-order chi connectivity index (χ0) is 15.2. The van der Waals surface area contributed by atoms with E-state index in [0.29, 0.717) is 9.99 Å². The maximum absolute atomic E-state index is 12.1. The molecule has 0 fully saturated rings. The van der Waals surface area contributed by atoms with E-state index in [9.17, 15) is 14.3 Å². The van der Waals surface area contributed by atoms with Crippen LogP contribution in [0.5, 0.6) is 0 Å². The van der Waals surface area contributed by atoms with Crippen molar-refractivity contribution in [2.75, 3.05) is 11.5 Å². The van der Waals surface area contributed by atoms with Gasteiger partial charge in [0.1, 0.15) is 4.24 Å². The van der Waals surface area contributed by atoms with E-state index < -0.39 is 15.7 Å². The Balaban J connectivity index is 4.13. The maximum Gasteiger partial charge on any atom is 0.256 e. The molecule has 0 aliphatic heterocycles. The van der Waals surface area contributed by atoms with Crippen LogP contribution in [0.15, 0.2) is 10.4 Å². The summed E-state index contributed by atoms with van der Waals surface area (Å²) in [7, 11) is -1.21. The molecule has 0 aromatic carbocycles. The number of hydrogen-bond donors (Lipinski definition) is 0. The highest BCUT2D eigenvalue weighted by molar-refractivity contribution is 8.16. The van der Waals surface area contributed by atoms with Crippen molar-refractivity contribution < 1.29 is 9.13 Å². The summed E-state index contributed by atoms with van der Waals surface area (Å²) >= 11 is 1.39. The summed E-state index contributed by atoms with van der Waals surface area (Å²) in [5.74, 6) is 1.36. The summed E-state index contributed by atoms with van der Waals surface area (Å²) in [5.41, 5.74) is 0. The fraction of sp³-hybridized carbons (Fsp3) is 0.857. The quantitative estimate of drug-likeness (QED) is 0.280. The van der Waals surface area contributed by atoms with Gasteiger partial charge in [0.15, 0.2) is 0 Å². The molecule has 0 rings (SSSR count). The number of unbranched alkanes of at least 4 members (excludes halogenated alkanes) is 6. The molecule has 0 aliphatic rings. The lowest BCUT2D eigenvalue weighted by molar-refractivity contribution is -0.402. The first-order chi connectivity index (χ1) is 9.61. The van der Waals surface area contributed by atoms with Crippen LogP contribution in [0, 0.1) is 10.1 Å². The summed E-state index contributed by atoms with van der Waals surface area (Å²) in [6.45, 7) is 4.28. The van der Waals surface area contributed by atoms with Crippen LogP contribution in [0.3, 0.4) is 0 Å². The van der Waals surface area contributed by atoms with Crippen LogP contribution in [0.1, 0.15) is 65.2 Å². The first-order valence-electron chi connectivity index (χ1n) is 7.48. The number of hydrogen-bond acceptors (Lipinski definition) is 4. The highest BCUT2D eigenvalue weighted by Crippen LogP contribution is 2.22. The van der Waals surface area contributed by atoms with Crippen LogP contribution >= 0.6 is 11.8 Å². The third-order valence-electron chi connectivity index (χ3n) is 2.86. The minimum atomic E-state index is -1.21. The lowest BCUT2D eigenvalue weighted by atomic mass is 10.2. The predicted molar refractivity (Wildman–Crippen MR) is 88.8 cm³/mol. The molecule has 0 amide bonds. The Morgan fingerprint density at radius 2 is 1.70 bits per heavy atom. The average molecular weight is 322 g/mol. The Morgan fingerprint density at radius 1 is 1.10 bits per heavy atom. The molecule has 6 heteroatoms. The Kier molecular flexibility index (Phi) is 13.4. The number of nitrogens with zero attached hydrogens (tertiary/aromatic N) is 1. The SMILES string of the molecule is CCCCCCS/C(=C\[N+](=O)[O-])S(=O)CCCCCC. The van der Waals surface area contributed by atoms with E-state index in [1.165, 1.54) is 24.6 Å². The Labute approximate surface area is 129 Å². The molecule has 20 heavy (non-hydrogen) atoms. The summed E-state index contributed by atoms with van der Waals surface area (Å²) < 4.78 is 12.5. The van der Waals surface area contributed by atoms with Crippen LogP contribution in [0.4, 0.5) is 0 Å². The van der Waals surface area contributed by atoms with Gasteiger partial charge in [0.25, 0.3) is 6.20 Å². The number of thioether (sulfide) groups is 1. The van der Waals surface area contributed by atoms with Crippen LogP contribution in [-0.2, 0) is 10.8 Å². The van der Waals surface area contributed by atoms with E-state index in [1.807, 2.05) is 0 Å². The van der Waals surface area contributed by atoms with Crippen LogP contribution in [-0.4, -0.2) is 20.6 Å². The van der Waals surface area contributed by atoms with Gasteiger partial charge >= 0.3 is 0 Å². The summed E-state index contributed by atoms with van der Waals surface area (Å²) in [4.78, 5) is 10.1. The van der Waals surface area contributed by atoms with E-state index >= 15 is 0 Å². The van der Waals surface area contributed by atoms with Crippen molar-refractivity contribution in [3.05, 3.63) is 20.6 Å². The second-order valence-corrected chi connectivity index (χ2v) is 7.69. The van der Waals surface area contributed by atoms with E-state index in [1.54, 1.807) is 0 Å². The summed E-state index contributed by atoms with van der Waals surface area (Å²) in [6, 6.07) is 0. The number of rotatable bonds is 13. The molecule has 4 nitrogen and oxygen atoms in total. The standard InChI is InChI=1S/C14H27NO3S2/c1-3-5-7-9-11-19-14(13-15(16)17)20(18)12-10-8-6-4-2/h13H,3-12H2,1-2H3/b14-13+. The van der Waals surface area contributed by atoms with Gasteiger partial charge in [-0.15, -0.1) is 11.8 Å². The van der Waals surface area contributed by atoms with Crippen molar-refractivity contribution in [2.24, 2.45) is 0 Å². The lowest BCUT2D eigenvalue weighted by Crippen LogP contribution is -2.02. The summed E-state index contributed by atoms with van der Waals surface area (Å²) in [5, 5.41) is 10.6. The molecule has 1 unspecified atom stereocenters. The first-order valence-corrected chi connectivity index (χ1v) is 9.78. The molecule has 0 spiro atoms. The number of nitro groups is 1. The molecule has 0 aromatic heterocycles. The van der Waals surface area contributed by atoms with Gasteiger partial charge in [0, 0.05) is 5.75 Å². The molecule has 0 bridgehead atoms. The van der Waals surface area contributed by atoms with Gasteiger partial charge in [-0.05, 0) is 18.6 Å². The van der Waals surface area contributed by atoms with E-state index in [-0.39, 0.29) is 0 Å². The fourth-order valence-corrected chi connectivity index (χ4v) is 4.32. The van der Waals surface area contributed by atoms with E-state index in [0.717, 1.165) is 50.5 Å². The fourth-order valence-electron chi connectivity index (χ4n) is 1.71. The zero-order valence-electron chi connectivity index (χ0n) is 12.6. The van der Waals surface area contributed by atoms with Crippen molar-refractivity contribution in [3.8, 4) is 0 Å². The van der Waals surface area contributed by atoms with E-state index in [4.69, 9.17) is 0 Å². The Bertz CT molecular complexity index is 320. The monoisotopic (exact) mass is 321 g/mol. The van der Waals surface area contributed by atoms with Gasteiger partial charge in [0.2, 0.25) is 0 Å². The van der Waals surface area contributed by atoms with Gasteiger partial charge in [-0.2, -0.15) is 0 Å². The second-order valence-electron chi connectivity index (χ2n) is 4.75. The van der Waals surface area contributed by atoms with Gasteiger partial charge < -0.3 is 0 Å². The van der Waals surface area contributed by atoms with Crippen molar-refractivity contribution in [3.63, 3.8) is 0 Å². The molecule has 0 saturated carbocycles. The minimum absolute atomic E-state index is 0.433. The van der Waals surface area contributed by atoms with Gasteiger partial charge in [-0.3, -0.25) is 14.3 Å². The first kappa shape index (κ1) is 19.6. The molecule has 0 aromatic rings. The lowest BCUT2D eigenvalue weighted by Gasteiger charge is -2.05. The minimum Gasteiger partial charge on any atom is -0.259 e. The molecule has 0 radical (unpaired) electrons. The van der Waals surface area contributed by atoms with Crippen molar-refractivity contribution in [1.82, 2.24) is 0 Å². The van der Waals surface area contributed by atoms with Gasteiger partial charge in [0.05, 0.1) is 15.7 Å². The topological polar surface area (TPSA) is 60.2 Å². The van der Waals surface area contributed by atoms with Crippen LogP contribution in [0.25, 0.3) is 0 Å². The molecule has 118 valence electrons. The molecule has 0 saturated heterocycles. The average Bonchev–Trinajstić information content (AvgIpc) is 2.41. The molecule has 0 aliphatic carbocycles. The molecule has 0 N–H and O–H groups in total. The molecular weight excluding hydrogens is 294 g/mol. The Morgan fingerprint density at radius 3 is 2.25 bits per heavy atom. The zero-order valence-corrected chi connectivity index (χ0v) is 14.3. The molecule has 0 heterocycles. The van der Waals surface area contributed by atoms with Crippen LogP contribution < -0.4 is 0 Å². The molecule has 1 atom stereocenters. The smallest absolute Gasteiger partial charge is 0.256 e. The maximum atomic E-state index is 12.1. The highest BCUT2D eigenvalue weighted by atomic mass is 32.2.